The van der Waals surface area contributed by atoms with Crippen LogP contribution in [0.5, 0.6) is 0 Å². The summed E-state index contributed by atoms with van der Waals surface area (Å²) in [4.78, 5) is 23.3. The number of hydrogen-bond donors (Lipinski definition) is 2. The van der Waals surface area contributed by atoms with Crippen molar-refractivity contribution in [1.82, 2.24) is 5.32 Å². The summed E-state index contributed by atoms with van der Waals surface area (Å²) >= 11 is 0. The highest BCUT2D eigenvalue weighted by molar-refractivity contribution is 5.85. The topological polar surface area (TPSA) is 81.4 Å². The van der Waals surface area contributed by atoms with Crippen LogP contribution in [0.3, 0.4) is 0 Å². The molecule has 0 aromatic carbocycles. The van der Waals surface area contributed by atoms with Gasteiger partial charge in [0.25, 0.3) is 0 Å². The first-order valence-corrected chi connectivity index (χ1v) is 6.17. The normalized spacial score (nSPS) is 13.9. The van der Waals surface area contributed by atoms with Gasteiger partial charge in [0, 0.05) is 0 Å². The minimum absolute atomic E-state index is 0.0938. The minimum atomic E-state index is -0.653. The molecule has 18 heavy (non-hydrogen) atoms. The van der Waals surface area contributed by atoms with Crippen LogP contribution in [0, 0.1) is 5.41 Å². The molecule has 0 aliphatic rings. The molecular formula is C13H26N2O3. The summed E-state index contributed by atoms with van der Waals surface area (Å²) < 4.78 is 5.30. The third kappa shape index (κ3) is 8.06. The quantitative estimate of drug-likeness (QED) is 0.743. The van der Waals surface area contributed by atoms with Crippen LogP contribution in [0.2, 0.25) is 0 Å². The van der Waals surface area contributed by atoms with Gasteiger partial charge in [-0.05, 0) is 32.6 Å². The maximum Gasteiger partial charge on any atom is 0.329 e. The lowest BCUT2D eigenvalue weighted by Gasteiger charge is -2.28. The van der Waals surface area contributed by atoms with Crippen molar-refractivity contribution >= 4 is 11.9 Å². The van der Waals surface area contributed by atoms with Crippen molar-refractivity contribution in [1.29, 1.82) is 0 Å². The summed E-state index contributed by atoms with van der Waals surface area (Å²) in [6, 6.07) is -0.653. The fraction of sp³-hybridized carbons (Fsp3) is 0.846. The van der Waals surface area contributed by atoms with Crippen LogP contribution >= 0.6 is 0 Å². The molecule has 0 spiro atoms. The predicted molar refractivity (Wildman–Crippen MR) is 70.9 cm³/mol. The fourth-order valence-corrected chi connectivity index (χ4v) is 1.43. The Labute approximate surface area is 109 Å². The number of carbonyl (C=O) groups is 2. The molecule has 5 nitrogen and oxygen atoms in total. The summed E-state index contributed by atoms with van der Waals surface area (Å²) in [5.41, 5.74) is 4.58. The first kappa shape index (κ1) is 16.9. The molecule has 0 unspecified atom stereocenters. The van der Waals surface area contributed by atoms with E-state index in [4.69, 9.17) is 10.5 Å². The van der Waals surface area contributed by atoms with E-state index in [0.29, 0.717) is 6.42 Å². The van der Waals surface area contributed by atoms with Crippen LogP contribution in [-0.2, 0) is 14.3 Å². The van der Waals surface area contributed by atoms with Gasteiger partial charge in [-0.3, -0.25) is 4.79 Å². The zero-order chi connectivity index (χ0) is 14.6. The van der Waals surface area contributed by atoms with Crippen molar-refractivity contribution in [3.05, 3.63) is 0 Å². The molecule has 0 heterocycles. The van der Waals surface area contributed by atoms with Gasteiger partial charge in [-0.2, -0.15) is 0 Å². The van der Waals surface area contributed by atoms with E-state index in [9.17, 15) is 9.59 Å². The molecule has 3 N–H and O–H groups in total. The summed E-state index contributed by atoms with van der Waals surface area (Å²) in [6.45, 7) is 11.2. The Morgan fingerprint density at radius 2 is 1.67 bits per heavy atom. The van der Waals surface area contributed by atoms with E-state index in [1.807, 2.05) is 20.8 Å². The largest absolute Gasteiger partial charge is 0.458 e. The smallest absolute Gasteiger partial charge is 0.329 e. The summed E-state index contributed by atoms with van der Waals surface area (Å²) in [7, 11) is 0. The van der Waals surface area contributed by atoms with Crippen LogP contribution in [0.4, 0.5) is 0 Å². The predicted octanol–water partition coefficient (Wildman–Crippen LogP) is 1.21. The average molecular weight is 258 g/mol. The lowest BCUT2D eigenvalue weighted by atomic mass is 9.88. The van der Waals surface area contributed by atoms with Gasteiger partial charge in [-0.15, -0.1) is 0 Å². The van der Waals surface area contributed by atoms with Gasteiger partial charge in [-0.1, -0.05) is 20.8 Å². The van der Waals surface area contributed by atoms with E-state index in [-0.39, 0.29) is 17.9 Å². The molecule has 0 aromatic heterocycles. The van der Waals surface area contributed by atoms with Gasteiger partial charge < -0.3 is 15.8 Å². The monoisotopic (exact) mass is 258 g/mol. The summed E-state index contributed by atoms with van der Waals surface area (Å²) in [5.74, 6) is -0.769. The maximum absolute atomic E-state index is 12.0. The third-order valence-corrected chi connectivity index (χ3v) is 2.03. The molecule has 1 atom stereocenters. The van der Waals surface area contributed by atoms with Crippen LogP contribution in [-0.4, -0.2) is 30.1 Å². The second-order valence-corrected chi connectivity index (χ2v) is 6.62. The van der Waals surface area contributed by atoms with Crippen molar-refractivity contribution in [2.75, 3.05) is 6.54 Å². The van der Waals surface area contributed by atoms with E-state index in [0.717, 1.165) is 0 Å². The fourth-order valence-electron chi connectivity index (χ4n) is 1.43. The highest BCUT2D eigenvalue weighted by atomic mass is 16.6. The Bertz CT molecular complexity index is 300. The van der Waals surface area contributed by atoms with Crippen LogP contribution < -0.4 is 11.1 Å². The number of rotatable bonds is 4. The zero-order valence-corrected chi connectivity index (χ0v) is 12.3. The van der Waals surface area contributed by atoms with Crippen LogP contribution in [0.15, 0.2) is 0 Å². The number of esters is 1. The summed E-state index contributed by atoms with van der Waals surface area (Å²) in [6.07, 6.45) is 0.508. The average Bonchev–Trinajstić information content (AvgIpc) is 2.11. The van der Waals surface area contributed by atoms with Gasteiger partial charge in [-0.25, -0.2) is 4.79 Å². The molecule has 0 aliphatic carbocycles. The van der Waals surface area contributed by atoms with Crippen molar-refractivity contribution in [2.45, 2.75) is 59.6 Å². The van der Waals surface area contributed by atoms with Gasteiger partial charge in [0.15, 0.2) is 0 Å². The Morgan fingerprint density at radius 3 is 2.00 bits per heavy atom. The van der Waals surface area contributed by atoms with Gasteiger partial charge in [0.05, 0.1) is 6.54 Å². The highest BCUT2D eigenvalue weighted by Gasteiger charge is 2.30. The van der Waals surface area contributed by atoms with Gasteiger partial charge in [0.2, 0.25) is 5.91 Å². The maximum atomic E-state index is 12.0. The third-order valence-electron chi connectivity index (χ3n) is 2.03. The van der Waals surface area contributed by atoms with Gasteiger partial charge in [0.1, 0.15) is 11.6 Å². The lowest BCUT2D eigenvalue weighted by molar-refractivity contribution is -0.159. The second kappa shape index (κ2) is 6.18. The molecule has 0 rings (SSSR count). The number of hydrogen-bond acceptors (Lipinski definition) is 4. The Hall–Kier alpha value is -1.10. The molecule has 0 fully saturated rings. The SMILES string of the molecule is CC(C)(C)C[C@H](NC(=O)CN)C(=O)OC(C)(C)C. The molecule has 106 valence electrons. The van der Waals surface area contributed by atoms with Crippen LogP contribution in [0.1, 0.15) is 48.0 Å². The van der Waals surface area contributed by atoms with Crippen molar-refractivity contribution in [3.63, 3.8) is 0 Å². The van der Waals surface area contributed by atoms with Crippen molar-refractivity contribution < 1.29 is 14.3 Å². The molecule has 0 saturated heterocycles. The lowest BCUT2D eigenvalue weighted by Crippen LogP contribution is -2.47. The first-order chi connectivity index (χ1) is 7.94. The van der Waals surface area contributed by atoms with E-state index in [1.165, 1.54) is 0 Å². The van der Waals surface area contributed by atoms with Gasteiger partial charge >= 0.3 is 5.97 Å². The van der Waals surface area contributed by atoms with E-state index < -0.39 is 17.6 Å². The zero-order valence-electron chi connectivity index (χ0n) is 12.3. The Balaban J connectivity index is 4.75. The number of nitrogens with one attached hydrogen (secondary N) is 1. The standard InChI is InChI=1S/C13H26N2O3/c1-12(2,3)7-9(15-10(16)8-14)11(17)18-13(4,5)6/h9H,7-8,14H2,1-6H3,(H,15,16)/t9-/m0/s1. The molecule has 0 bridgehead atoms. The number of ether oxygens (including phenoxy) is 1. The molecule has 0 aromatic rings. The Morgan fingerprint density at radius 1 is 1.17 bits per heavy atom. The first-order valence-electron chi connectivity index (χ1n) is 6.17. The second-order valence-electron chi connectivity index (χ2n) is 6.62. The Kier molecular flexibility index (Phi) is 5.80. The molecule has 0 radical (unpaired) electrons. The molecule has 5 heteroatoms. The highest BCUT2D eigenvalue weighted by Crippen LogP contribution is 2.22. The van der Waals surface area contributed by atoms with Crippen molar-refractivity contribution in [2.24, 2.45) is 11.1 Å². The number of nitrogens with two attached hydrogens (primary N) is 1. The van der Waals surface area contributed by atoms with Crippen molar-refractivity contribution in [3.8, 4) is 0 Å². The van der Waals surface area contributed by atoms with Crippen LogP contribution in [0.25, 0.3) is 0 Å². The molecular weight excluding hydrogens is 232 g/mol. The van der Waals surface area contributed by atoms with E-state index in [2.05, 4.69) is 5.32 Å². The molecule has 1 amide bonds. The summed E-state index contributed by atoms with van der Waals surface area (Å²) in [5, 5.41) is 2.61. The molecule has 0 aliphatic heterocycles. The van der Waals surface area contributed by atoms with E-state index >= 15 is 0 Å². The van der Waals surface area contributed by atoms with E-state index in [1.54, 1.807) is 20.8 Å². The number of carbonyl (C=O) groups excluding carboxylic acids is 2. The number of amides is 1. The molecule has 0 saturated carbocycles. The minimum Gasteiger partial charge on any atom is -0.458 e.